The summed E-state index contributed by atoms with van der Waals surface area (Å²) in [5.74, 6) is -0.879. The Labute approximate surface area is 114 Å². The predicted molar refractivity (Wildman–Crippen MR) is 73.1 cm³/mol. The molecular weight excluding hydrogens is 259 g/mol. The molecule has 3 rings (SSSR count). The molecule has 1 N–H and O–H groups in total. The van der Waals surface area contributed by atoms with E-state index in [2.05, 4.69) is 4.98 Å². The number of carboxylic acid groups (broad SMARTS) is 1. The van der Waals surface area contributed by atoms with Crippen molar-refractivity contribution in [1.29, 1.82) is 0 Å². The van der Waals surface area contributed by atoms with Crippen LogP contribution in [0.4, 0.5) is 4.39 Å². The molecule has 1 aromatic heterocycles. The van der Waals surface area contributed by atoms with E-state index < -0.39 is 5.97 Å². The van der Waals surface area contributed by atoms with E-state index >= 15 is 0 Å². The molecule has 3 aromatic rings. The lowest BCUT2D eigenvalue weighted by atomic mass is 10.1. The Bertz CT molecular complexity index is 824. The van der Waals surface area contributed by atoms with Gasteiger partial charge in [-0.15, -0.1) is 0 Å². The van der Waals surface area contributed by atoms with Crippen LogP contribution in [0.2, 0.25) is 0 Å². The van der Waals surface area contributed by atoms with Gasteiger partial charge in [0.2, 0.25) is 0 Å². The topological polar surface area (TPSA) is 55.1 Å². The Kier molecular flexibility index (Phi) is 2.75. The number of imidazole rings is 1. The quantitative estimate of drug-likeness (QED) is 0.778. The van der Waals surface area contributed by atoms with E-state index in [-0.39, 0.29) is 11.4 Å². The number of fused-ring (bicyclic) bond motifs is 1. The minimum Gasteiger partial charge on any atom is -0.478 e. The Morgan fingerprint density at radius 2 is 2.00 bits per heavy atom. The first kappa shape index (κ1) is 12.3. The third kappa shape index (κ3) is 1.84. The molecule has 0 radical (unpaired) electrons. The van der Waals surface area contributed by atoms with Crippen molar-refractivity contribution in [3.05, 3.63) is 53.8 Å². The van der Waals surface area contributed by atoms with Crippen molar-refractivity contribution in [3.63, 3.8) is 0 Å². The third-order valence-corrected chi connectivity index (χ3v) is 3.24. The van der Waals surface area contributed by atoms with Crippen LogP contribution in [0.1, 0.15) is 10.4 Å². The van der Waals surface area contributed by atoms with Gasteiger partial charge < -0.3 is 9.67 Å². The van der Waals surface area contributed by atoms with E-state index in [9.17, 15) is 14.3 Å². The second-order valence-corrected chi connectivity index (χ2v) is 4.48. The lowest BCUT2D eigenvalue weighted by molar-refractivity contribution is 0.0697. The van der Waals surface area contributed by atoms with E-state index in [4.69, 9.17) is 0 Å². The van der Waals surface area contributed by atoms with Gasteiger partial charge in [-0.2, -0.15) is 0 Å². The molecule has 0 amide bonds. The normalized spacial score (nSPS) is 10.9. The lowest BCUT2D eigenvalue weighted by Crippen LogP contribution is -2.02. The highest BCUT2D eigenvalue weighted by Gasteiger charge is 2.16. The minimum absolute atomic E-state index is 0.173. The van der Waals surface area contributed by atoms with Crippen molar-refractivity contribution in [2.75, 3.05) is 0 Å². The third-order valence-electron chi connectivity index (χ3n) is 3.24. The zero-order chi connectivity index (χ0) is 14.3. The van der Waals surface area contributed by atoms with Gasteiger partial charge in [-0.3, -0.25) is 0 Å². The summed E-state index contributed by atoms with van der Waals surface area (Å²) >= 11 is 0. The smallest absolute Gasteiger partial charge is 0.336 e. The van der Waals surface area contributed by atoms with Gasteiger partial charge in [-0.05, 0) is 18.2 Å². The molecule has 5 heteroatoms. The van der Waals surface area contributed by atoms with E-state index in [0.29, 0.717) is 16.9 Å². The van der Waals surface area contributed by atoms with Gasteiger partial charge in [0.25, 0.3) is 0 Å². The SMILES string of the molecule is Cn1c(-c2ccccc2C(=O)O)nc2cc(F)ccc21. The molecule has 0 atom stereocenters. The summed E-state index contributed by atoms with van der Waals surface area (Å²) in [6.45, 7) is 0. The highest BCUT2D eigenvalue weighted by atomic mass is 19.1. The number of hydrogen-bond acceptors (Lipinski definition) is 2. The van der Waals surface area contributed by atoms with Gasteiger partial charge in [-0.25, -0.2) is 14.2 Å². The maximum Gasteiger partial charge on any atom is 0.336 e. The number of nitrogens with zero attached hydrogens (tertiary/aromatic N) is 2. The van der Waals surface area contributed by atoms with Crippen molar-refractivity contribution >= 4 is 17.0 Å². The van der Waals surface area contributed by atoms with Crippen LogP contribution in [0.15, 0.2) is 42.5 Å². The zero-order valence-electron chi connectivity index (χ0n) is 10.7. The van der Waals surface area contributed by atoms with Crippen molar-refractivity contribution in [2.24, 2.45) is 7.05 Å². The Morgan fingerprint density at radius 3 is 2.75 bits per heavy atom. The maximum atomic E-state index is 13.2. The molecule has 0 saturated heterocycles. The van der Waals surface area contributed by atoms with Gasteiger partial charge >= 0.3 is 5.97 Å². The van der Waals surface area contributed by atoms with Crippen LogP contribution in [-0.4, -0.2) is 20.6 Å². The maximum absolute atomic E-state index is 13.2. The second-order valence-electron chi connectivity index (χ2n) is 4.48. The van der Waals surface area contributed by atoms with Crippen molar-refractivity contribution in [2.45, 2.75) is 0 Å². The Morgan fingerprint density at radius 1 is 1.25 bits per heavy atom. The van der Waals surface area contributed by atoms with Crippen LogP contribution in [0, 0.1) is 5.82 Å². The van der Waals surface area contributed by atoms with Crippen LogP contribution in [0.5, 0.6) is 0 Å². The summed E-state index contributed by atoms with van der Waals surface area (Å²) in [4.78, 5) is 15.6. The number of benzene rings is 2. The molecule has 0 unspecified atom stereocenters. The van der Waals surface area contributed by atoms with Gasteiger partial charge in [-0.1, -0.05) is 18.2 Å². The van der Waals surface area contributed by atoms with E-state index in [0.717, 1.165) is 5.52 Å². The molecule has 100 valence electrons. The summed E-state index contributed by atoms with van der Waals surface area (Å²) in [6.07, 6.45) is 0. The molecule has 0 spiro atoms. The summed E-state index contributed by atoms with van der Waals surface area (Å²) < 4.78 is 15.0. The fourth-order valence-electron chi connectivity index (χ4n) is 2.28. The average molecular weight is 270 g/mol. The molecule has 0 fully saturated rings. The van der Waals surface area contributed by atoms with Gasteiger partial charge in [0.05, 0.1) is 16.6 Å². The number of hydrogen-bond donors (Lipinski definition) is 1. The number of aryl methyl sites for hydroxylation is 1. The summed E-state index contributed by atoms with van der Waals surface area (Å²) in [5.41, 5.74) is 1.94. The largest absolute Gasteiger partial charge is 0.478 e. The average Bonchev–Trinajstić information content (AvgIpc) is 2.75. The summed E-state index contributed by atoms with van der Waals surface area (Å²) in [5, 5.41) is 9.24. The summed E-state index contributed by atoms with van der Waals surface area (Å²) in [7, 11) is 1.78. The molecule has 0 bridgehead atoms. The number of aromatic carboxylic acids is 1. The number of rotatable bonds is 2. The second kappa shape index (κ2) is 4.45. The van der Waals surface area contributed by atoms with Crippen molar-refractivity contribution < 1.29 is 14.3 Å². The number of halogens is 1. The molecular formula is C15H11FN2O2. The fourth-order valence-corrected chi connectivity index (χ4v) is 2.28. The number of carboxylic acids is 1. The fraction of sp³-hybridized carbons (Fsp3) is 0.0667. The van der Waals surface area contributed by atoms with Crippen LogP contribution in [-0.2, 0) is 7.05 Å². The number of aromatic nitrogens is 2. The van der Waals surface area contributed by atoms with E-state index in [1.165, 1.54) is 18.2 Å². The lowest BCUT2D eigenvalue weighted by Gasteiger charge is -2.05. The first-order valence-corrected chi connectivity index (χ1v) is 6.02. The van der Waals surface area contributed by atoms with Crippen LogP contribution >= 0.6 is 0 Å². The highest BCUT2D eigenvalue weighted by molar-refractivity contribution is 5.96. The molecule has 0 aliphatic carbocycles. The van der Waals surface area contributed by atoms with Crippen molar-refractivity contribution in [1.82, 2.24) is 9.55 Å². The monoisotopic (exact) mass is 270 g/mol. The highest BCUT2D eigenvalue weighted by Crippen LogP contribution is 2.26. The zero-order valence-corrected chi connectivity index (χ0v) is 10.7. The van der Waals surface area contributed by atoms with Gasteiger partial charge in [0, 0.05) is 18.7 Å². The summed E-state index contributed by atoms with van der Waals surface area (Å²) in [6, 6.07) is 11.0. The van der Waals surface area contributed by atoms with E-state index in [1.54, 1.807) is 35.9 Å². The predicted octanol–water partition coefficient (Wildman–Crippen LogP) is 3.08. The molecule has 4 nitrogen and oxygen atoms in total. The standard InChI is InChI=1S/C15H11FN2O2/c1-18-13-7-6-9(16)8-12(13)17-14(18)10-4-2-3-5-11(10)15(19)20/h2-8H,1H3,(H,19,20). The van der Waals surface area contributed by atoms with Gasteiger partial charge in [0.15, 0.2) is 0 Å². The Hall–Kier alpha value is -2.69. The van der Waals surface area contributed by atoms with Crippen LogP contribution in [0.25, 0.3) is 22.4 Å². The molecule has 0 saturated carbocycles. The van der Waals surface area contributed by atoms with Crippen LogP contribution < -0.4 is 0 Å². The first-order chi connectivity index (χ1) is 9.58. The molecule has 0 aliphatic heterocycles. The Balaban J connectivity index is 2.30. The van der Waals surface area contributed by atoms with E-state index in [1.807, 2.05) is 0 Å². The molecule has 0 aliphatic rings. The number of carbonyl (C=O) groups is 1. The molecule has 1 heterocycles. The van der Waals surface area contributed by atoms with Crippen LogP contribution in [0.3, 0.4) is 0 Å². The van der Waals surface area contributed by atoms with Crippen molar-refractivity contribution in [3.8, 4) is 11.4 Å². The minimum atomic E-state index is -1.01. The molecule has 20 heavy (non-hydrogen) atoms. The van der Waals surface area contributed by atoms with Gasteiger partial charge in [0.1, 0.15) is 11.6 Å². The molecule has 2 aromatic carbocycles. The first-order valence-electron chi connectivity index (χ1n) is 6.02.